The summed E-state index contributed by atoms with van der Waals surface area (Å²) in [5.41, 5.74) is 0.0263. The number of para-hydroxylation sites is 1. The van der Waals surface area contributed by atoms with Crippen LogP contribution in [0, 0.1) is 5.82 Å². The van der Waals surface area contributed by atoms with E-state index in [2.05, 4.69) is 5.32 Å². The Morgan fingerprint density at radius 2 is 2.00 bits per heavy atom. The van der Waals surface area contributed by atoms with Gasteiger partial charge in [0.15, 0.2) is 6.10 Å². The SMILES string of the molecule is C[C@H](OC(=O)c1ccco1)C(=O)Nc1ccccc1F. The first-order valence-electron chi connectivity index (χ1n) is 5.88. The maximum atomic E-state index is 13.4. The Labute approximate surface area is 114 Å². The minimum atomic E-state index is -1.08. The quantitative estimate of drug-likeness (QED) is 0.872. The number of nitrogens with one attached hydrogen (secondary N) is 1. The van der Waals surface area contributed by atoms with Gasteiger partial charge in [0, 0.05) is 0 Å². The molecule has 0 aliphatic rings. The van der Waals surface area contributed by atoms with Gasteiger partial charge in [0.05, 0.1) is 12.0 Å². The van der Waals surface area contributed by atoms with Crippen molar-refractivity contribution in [2.45, 2.75) is 13.0 Å². The van der Waals surface area contributed by atoms with Gasteiger partial charge < -0.3 is 14.5 Å². The molecule has 1 aromatic carbocycles. The van der Waals surface area contributed by atoms with Gasteiger partial charge in [-0.05, 0) is 31.2 Å². The molecule has 6 heteroatoms. The first-order chi connectivity index (χ1) is 9.58. The van der Waals surface area contributed by atoms with E-state index in [1.165, 1.54) is 43.5 Å². The summed E-state index contributed by atoms with van der Waals surface area (Å²) in [7, 11) is 0. The molecule has 1 amide bonds. The van der Waals surface area contributed by atoms with Gasteiger partial charge >= 0.3 is 5.97 Å². The van der Waals surface area contributed by atoms with E-state index in [0.29, 0.717) is 0 Å². The van der Waals surface area contributed by atoms with Crippen molar-refractivity contribution in [1.29, 1.82) is 0 Å². The fourth-order valence-electron chi connectivity index (χ4n) is 1.46. The van der Waals surface area contributed by atoms with Gasteiger partial charge in [0.1, 0.15) is 5.82 Å². The molecule has 0 aliphatic heterocycles. The Balaban J connectivity index is 1.96. The van der Waals surface area contributed by atoms with E-state index in [1.807, 2.05) is 0 Å². The van der Waals surface area contributed by atoms with Crippen LogP contribution < -0.4 is 5.32 Å². The zero-order valence-corrected chi connectivity index (χ0v) is 10.6. The summed E-state index contributed by atoms with van der Waals surface area (Å²) in [4.78, 5) is 23.4. The number of benzene rings is 1. The second kappa shape index (κ2) is 6.01. The minimum Gasteiger partial charge on any atom is -0.457 e. The number of carbonyl (C=O) groups is 2. The molecule has 0 fully saturated rings. The lowest BCUT2D eigenvalue weighted by Gasteiger charge is -2.13. The lowest BCUT2D eigenvalue weighted by atomic mass is 10.3. The summed E-state index contributed by atoms with van der Waals surface area (Å²) < 4.78 is 23.1. The van der Waals surface area contributed by atoms with Crippen LogP contribution in [0.4, 0.5) is 10.1 Å². The maximum Gasteiger partial charge on any atom is 0.374 e. The highest BCUT2D eigenvalue weighted by Gasteiger charge is 2.21. The fraction of sp³-hybridized carbons (Fsp3) is 0.143. The summed E-state index contributed by atoms with van der Waals surface area (Å²) in [6.07, 6.45) is 0.243. The third kappa shape index (κ3) is 3.23. The van der Waals surface area contributed by atoms with Gasteiger partial charge in [0.25, 0.3) is 5.91 Å². The van der Waals surface area contributed by atoms with Crippen LogP contribution in [0.2, 0.25) is 0 Å². The first kappa shape index (κ1) is 13.8. The summed E-state index contributed by atoms with van der Waals surface area (Å²) in [6.45, 7) is 1.39. The van der Waals surface area contributed by atoms with E-state index in [0.717, 1.165) is 0 Å². The van der Waals surface area contributed by atoms with Gasteiger partial charge in [-0.25, -0.2) is 9.18 Å². The molecule has 1 heterocycles. The first-order valence-corrected chi connectivity index (χ1v) is 5.88. The van der Waals surface area contributed by atoms with Crippen LogP contribution in [0.1, 0.15) is 17.5 Å². The number of anilines is 1. The maximum absolute atomic E-state index is 13.4. The van der Waals surface area contributed by atoms with E-state index in [9.17, 15) is 14.0 Å². The number of ether oxygens (including phenoxy) is 1. The van der Waals surface area contributed by atoms with Gasteiger partial charge in [-0.15, -0.1) is 0 Å². The Hall–Kier alpha value is -2.63. The highest BCUT2D eigenvalue weighted by Crippen LogP contribution is 2.13. The molecule has 5 nitrogen and oxygen atoms in total. The van der Waals surface area contributed by atoms with E-state index >= 15 is 0 Å². The highest BCUT2D eigenvalue weighted by molar-refractivity contribution is 5.96. The molecule has 0 radical (unpaired) electrons. The predicted molar refractivity (Wildman–Crippen MR) is 68.6 cm³/mol. The molecular weight excluding hydrogens is 265 g/mol. The third-order valence-electron chi connectivity index (χ3n) is 2.51. The molecule has 2 rings (SSSR count). The summed E-state index contributed by atoms with van der Waals surface area (Å²) in [5, 5.41) is 2.34. The van der Waals surface area contributed by atoms with Gasteiger partial charge in [-0.1, -0.05) is 12.1 Å². The topological polar surface area (TPSA) is 68.5 Å². The molecular formula is C14H12FNO4. The molecule has 1 atom stereocenters. The smallest absolute Gasteiger partial charge is 0.374 e. The molecule has 0 saturated heterocycles. The lowest BCUT2D eigenvalue weighted by Crippen LogP contribution is -2.30. The Kier molecular flexibility index (Phi) is 4.14. The standard InChI is InChI=1S/C14H12FNO4/c1-9(20-14(18)12-7-4-8-19-12)13(17)16-11-6-3-2-5-10(11)15/h2-9H,1H3,(H,16,17)/t9-/m0/s1. The number of hydrogen-bond donors (Lipinski definition) is 1. The van der Waals surface area contributed by atoms with Crippen molar-refractivity contribution in [3.05, 3.63) is 54.2 Å². The van der Waals surface area contributed by atoms with Crippen molar-refractivity contribution in [1.82, 2.24) is 0 Å². The van der Waals surface area contributed by atoms with Crippen LogP contribution in [0.5, 0.6) is 0 Å². The number of furan rings is 1. The summed E-state index contributed by atoms with van der Waals surface area (Å²) in [5.74, 6) is -1.96. The van der Waals surface area contributed by atoms with Crippen molar-refractivity contribution in [2.75, 3.05) is 5.32 Å². The molecule has 0 bridgehead atoms. The molecule has 0 saturated carbocycles. The van der Waals surface area contributed by atoms with Crippen molar-refractivity contribution in [3.63, 3.8) is 0 Å². The molecule has 0 aliphatic carbocycles. The monoisotopic (exact) mass is 277 g/mol. The molecule has 0 unspecified atom stereocenters. The molecule has 1 aromatic heterocycles. The van der Waals surface area contributed by atoms with Crippen LogP contribution in [-0.2, 0) is 9.53 Å². The molecule has 2 aromatic rings. The molecule has 104 valence electrons. The molecule has 1 N–H and O–H groups in total. The minimum absolute atomic E-state index is 0.00413. The number of amides is 1. The molecule has 0 spiro atoms. The van der Waals surface area contributed by atoms with E-state index in [4.69, 9.17) is 9.15 Å². The lowest BCUT2D eigenvalue weighted by molar-refractivity contribution is -0.123. The number of hydrogen-bond acceptors (Lipinski definition) is 4. The van der Waals surface area contributed by atoms with Crippen molar-refractivity contribution in [3.8, 4) is 0 Å². The molecule has 20 heavy (non-hydrogen) atoms. The van der Waals surface area contributed by atoms with E-state index in [-0.39, 0.29) is 11.4 Å². The second-order valence-electron chi connectivity index (χ2n) is 3.99. The van der Waals surface area contributed by atoms with Crippen molar-refractivity contribution >= 4 is 17.6 Å². The van der Waals surface area contributed by atoms with Gasteiger partial charge in [-0.3, -0.25) is 4.79 Å². The van der Waals surface area contributed by atoms with Crippen molar-refractivity contribution < 1.29 is 23.1 Å². The van der Waals surface area contributed by atoms with Crippen LogP contribution in [-0.4, -0.2) is 18.0 Å². The van der Waals surface area contributed by atoms with Crippen LogP contribution in [0.25, 0.3) is 0 Å². The summed E-state index contributed by atoms with van der Waals surface area (Å²) >= 11 is 0. The third-order valence-corrected chi connectivity index (χ3v) is 2.51. The summed E-state index contributed by atoms with van der Waals surface area (Å²) in [6, 6.07) is 8.66. The average molecular weight is 277 g/mol. The second-order valence-corrected chi connectivity index (χ2v) is 3.99. The van der Waals surface area contributed by atoms with Gasteiger partial charge in [0.2, 0.25) is 5.76 Å². The van der Waals surface area contributed by atoms with E-state index in [1.54, 1.807) is 6.07 Å². The Morgan fingerprint density at radius 3 is 2.65 bits per heavy atom. The van der Waals surface area contributed by atoms with Gasteiger partial charge in [-0.2, -0.15) is 0 Å². The number of halogens is 1. The fourth-order valence-corrected chi connectivity index (χ4v) is 1.46. The highest BCUT2D eigenvalue weighted by atomic mass is 19.1. The number of esters is 1. The van der Waals surface area contributed by atoms with Crippen LogP contribution in [0.3, 0.4) is 0 Å². The zero-order chi connectivity index (χ0) is 14.5. The van der Waals surface area contributed by atoms with Crippen molar-refractivity contribution in [2.24, 2.45) is 0 Å². The Morgan fingerprint density at radius 1 is 1.25 bits per heavy atom. The average Bonchev–Trinajstić information content (AvgIpc) is 2.95. The zero-order valence-electron chi connectivity index (χ0n) is 10.6. The van der Waals surface area contributed by atoms with Crippen LogP contribution >= 0.6 is 0 Å². The Bertz CT molecular complexity index is 609. The largest absolute Gasteiger partial charge is 0.457 e. The van der Waals surface area contributed by atoms with Crippen LogP contribution in [0.15, 0.2) is 47.1 Å². The van der Waals surface area contributed by atoms with E-state index < -0.39 is 23.8 Å². The number of carbonyl (C=O) groups excluding carboxylic acids is 2. The number of rotatable bonds is 4. The normalized spacial score (nSPS) is 11.7. The predicted octanol–water partition coefficient (Wildman–Crippen LogP) is 2.60.